The minimum absolute atomic E-state index is 0.0507. The third kappa shape index (κ3) is 11.3. The van der Waals surface area contributed by atoms with E-state index in [9.17, 15) is 33.0 Å². The lowest BCUT2D eigenvalue weighted by molar-refractivity contribution is -0.337. The Morgan fingerprint density at radius 1 is 0.615 bits per heavy atom. The standard InChI is InChI=1S/C38H58O13S/c1-2-46-30-13-19-34(37(41)42)35(23-30)38(43)50-27-8-14-31(15-9-27)52(44,45)32-16-10-28(11-17-32)51-49-24-25-22-29(12-18-33(25)36(39)40)48-21-20-47-26-6-4-3-5-7-26/h1,25-35H,3-24H2,(H,39,40)(H,41,42). The summed E-state index contributed by atoms with van der Waals surface area (Å²) in [5.41, 5.74) is 0. The van der Waals surface area contributed by atoms with Crippen molar-refractivity contribution < 1.29 is 61.7 Å². The fourth-order valence-corrected chi connectivity index (χ4v) is 11.5. The molecule has 0 spiro atoms. The van der Waals surface area contributed by atoms with E-state index in [1.165, 1.54) is 19.3 Å². The van der Waals surface area contributed by atoms with E-state index in [1.54, 1.807) is 0 Å². The highest BCUT2D eigenvalue weighted by molar-refractivity contribution is 7.92. The van der Waals surface area contributed by atoms with Crippen molar-refractivity contribution in [2.24, 2.45) is 23.7 Å². The van der Waals surface area contributed by atoms with Gasteiger partial charge in [-0.05, 0) is 103 Å². The van der Waals surface area contributed by atoms with Crippen molar-refractivity contribution in [1.82, 2.24) is 0 Å². The summed E-state index contributed by atoms with van der Waals surface area (Å²) in [7, 11) is -3.43. The minimum atomic E-state index is -3.43. The number of terminal acetylenes is 1. The van der Waals surface area contributed by atoms with Gasteiger partial charge in [0.1, 0.15) is 18.3 Å². The van der Waals surface area contributed by atoms with E-state index in [-0.39, 0.29) is 37.6 Å². The highest BCUT2D eigenvalue weighted by Gasteiger charge is 2.44. The average Bonchev–Trinajstić information content (AvgIpc) is 3.14. The van der Waals surface area contributed by atoms with E-state index < -0.39 is 68.2 Å². The van der Waals surface area contributed by atoms with Crippen LogP contribution in [0.4, 0.5) is 0 Å². The zero-order valence-electron chi connectivity index (χ0n) is 30.3. The minimum Gasteiger partial charge on any atom is -0.481 e. The fourth-order valence-electron chi connectivity index (χ4n) is 9.12. The van der Waals surface area contributed by atoms with Gasteiger partial charge in [0.05, 0.1) is 66.4 Å². The second-order valence-electron chi connectivity index (χ2n) is 15.6. The van der Waals surface area contributed by atoms with Gasteiger partial charge in [-0.25, -0.2) is 18.2 Å². The third-order valence-electron chi connectivity index (χ3n) is 12.2. The van der Waals surface area contributed by atoms with Crippen molar-refractivity contribution in [2.45, 2.75) is 163 Å². The molecule has 0 aromatic rings. The molecule has 6 atom stereocenters. The highest BCUT2D eigenvalue weighted by atomic mass is 32.2. The number of hydrogen-bond acceptors (Lipinski definition) is 11. The second kappa shape index (κ2) is 19.8. The summed E-state index contributed by atoms with van der Waals surface area (Å²) >= 11 is 0. The third-order valence-corrected chi connectivity index (χ3v) is 15.0. The lowest BCUT2D eigenvalue weighted by Crippen LogP contribution is -2.42. The van der Waals surface area contributed by atoms with Gasteiger partial charge in [-0.15, -0.1) is 0 Å². The van der Waals surface area contributed by atoms with Crippen LogP contribution in [0.3, 0.4) is 0 Å². The number of esters is 1. The van der Waals surface area contributed by atoms with E-state index in [0.717, 1.165) is 12.8 Å². The Morgan fingerprint density at radius 2 is 1.17 bits per heavy atom. The first-order valence-electron chi connectivity index (χ1n) is 19.6. The number of hydrogen-bond donors (Lipinski definition) is 2. The first-order chi connectivity index (χ1) is 25.0. The Morgan fingerprint density at radius 3 is 1.79 bits per heavy atom. The maximum Gasteiger partial charge on any atom is 0.310 e. The molecular weight excluding hydrogens is 696 g/mol. The van der Waals surface area contributed by atoms with Crippen LogP contribution in [0.2, 0.25) is 0 Å². The molecule has 0 saturated heterocycles. The topological polar surface area (TPSA) is 181 Å². The molecule has 0 aliphatic heterocycles. The Kier molecular flexibility index (Phi) is 15.5. The van der Waals surface area contributed by atoms with Crippen LogP contribution < -0.4 is 0 Å². The molecule has 0 amide bonds. The summed E-state index contributed by atoms with van der Waals surface area (Å²) in [6, 6.07) is 0. The molecule has 5 saturated carbocycles. The van der Waals surface area contributed by atoms with E-state index >= 15 is 0 Å². The zero-order valence-corrected chi connectivity index (χ0v) is 31.1. The monoisotopic (exact) mass is 754 g/mol. The van der Waals surface area contributed by atoms with Crippen LogP contribution in [-0.2, 0) is 52.9 Å². The summed E-state index contributed by atoms with van der Waals surface area (Å²) in [4.78, 5) is 48.1. The summed E-state index contributed by atoms with van der Waals surface area (Å²) in [6.45, 7) is 1.17. The Hall–Kier alpha value is -2.44. The molecule has 0 aromatic heterocycles. The lowest BCUT2D eigenvalue weighted by atomic mass is 9.77. The number of carboxylic acids is 2. The van der Waals surface area contributed by atoms with E-state index in [4.69, 9.17) is 35.1 Å². The number of aliphatic carboxylic acids is 2. The van der Waals surface area contributed by atoms with E-state index in [2.05, 4.69) is 6.11 Å². The molecule has 5 rings (SSSR count). The zero-order chi connectivity index (χ0) is 37.1. The number of sulfone groups is 1. The number of carbonyl (C=O) groups is 3. The van der Waals surface area contributed by atoms with Gasteiger partial charge in [0.2, 0.25) is 0 Å². The van der Waals surface area contributed by atoms with Gasteiger partial charge in [-0.3, -0.25) is 14.4 Å². The first-order valence-corrected chi connectivity index (χ1v) is 21.2. The van der Waals surface area contributed by atoms with Crippen LogP contribution in [0.15, 0.2) is 0 Å². The normalized spacial score (nSPS) is 34.8. The van der Waals surface area contributed by atoms with Crippen LogP contribution >= 0.6 is 0 Å². The maximum absolute atomic E-state index is 13.6. The van der Waals surface area contributed by atoms with E-state index in [1.807, 2.05) is 0 Å². The van der Waals surface area contributed by atoms with Crippen molar-refractivity contribution in [2.75, 3.05) is 19.8 Å². The average molecular weight is 755 g/mol. The number of carbonyl (C=O) groups excluding carboxylic acids is 1. The van der Waals surface area contributed by atoms with E-state index in [0.29, 0.717) is 96.4 Å². The van der Waals surface area contributed by atoms with Crippen LogP contribution in [-0.4, -0.2) is 97.4 Å². The number of carboxylic acid groups (broad SMARTS) is 2. The van der Waals surface area contributed by atoms with Crippen LogP contribution in [0.25, 0.3) is 0 Å². The molecule has 2 N–H and O–H groups in total. The van der Waals surface area contributed by atoms with Crippen molar-refractivity contribution in [3.63, 3.8) is 0 Å². The number of rotatable bonds is 16. The molecule has 5 aliphatic rings. The van der Waals surface area contributed by atoms with Gasteiger partial charge in [0, 0.05) is 5.92 Å². The van der Waals surface area contributed by atoms with Gasteiger partial charge < -0.3 is 29.2 Å². The Balaban J connectivity index is 0.996. The summed E-state index contributed by atoms with van der Waals surface area (Å²) < 4.78 is 50.2. The van der Waals surface area contributed by atoms with Crippen LogP contribution in [0.1, 0.15) is 122 Å². The van der Waals surface area contributed by atoms with Crippen molar-refractivity contribution in [3.05, 3.63) is 0 Å². The van der Waals surface area contributed by atoms with Gasteiger partial charge in [0.15, 0.2) is 9.84 Å². The quantitative estimate of drug-likeness (QED) is 0.0688. The molecule has 0 heterocycles. The summed E-state index contributed by atoms with van der Waals surface area (Å²) in [6.07, 6.45) is 18.6. The Labute approximate surface area is 308 Å². The summed E-state index contributed by atoms with van der Waals surface area (Å²) in [5, 5.41) is 18.4. The molecular formula is C38H58O13S. The fraction of sp³-hybridized carbons (Fsp3) is 0.868. The molecule has 13 nitrogen and oxygen atoms in total. The molecule has 0 radical (unpaired) electrons. The lowest BCUT2D eigenvalue weighted by Gasteiger charge is -2.35. The van der Waals surface area contributed by atoms with Crippen molar-refractivity contribution in [1.29, 1.82) is 0 Å². The number of ether oxygens (including phenoxy) is 4. The Bertz CT molecular complexity index is 1310. The molecule has 5 fully saturated rings. The molecule has 0 aromatic carbocycles. The van der Waals surface area contributed by atoms with Gasteiger partial charge >= 0.3 is 17.9 Å². The largest absolute Gasteiger partial charge is 0.481 e. The van der Waals surface area contributed by atoms with Crippen LogP contribution in [0, 0.1) is 36.2 Å². The maximum atomic E-state index is 13.6. The van der Waals surface area contributed by atoms with Gasteiger partial charge in [-0.2, -0.15) is 0 Å². The van der Waals surface area contributed by atoms with Crippen molar-refractivity contribution >= 4 is 27.7 Å². The summed E-state index contributed by atoms with van der Waals surface area (Å²) in [5.74, 6) is -4.99. The highest BCUT2D eigenvalue weighted by Crippen LogP contribution is 2.38. The molecule has 294 valence electrons. The molecule has 0 bridgehead atoms. The first kappa shape index (κ1) is 40.7. The second-order valence-corrected chi connectivity index (χ2v) is 18.1. The molecule has 14 heteroatoms. The van der Waals surface area contributed by atoms with Crippen LogP contribution in [0.5, 0.6) is 0 Å². The predicted molar refractivity (Wildman–Crippen MR) is 187 cm³/mol. The molecule has 6 unspecified atom stereocenters. The molecule has 52 heavy (non-hydrogen) atoms. The SMILES string of the molecule is C#COC1CCC(C(=O)O)C(C(=O)OC2CCC(S(=O)(=O)C3CCC(OOCC4CC(OCCOC5CCCCC5)CCC4C(=O)O)CC3)CC2)C1. The smallest absolute Gasteiger partial charge is 0.310 e. The van der Waals surface area contributed by atoms with Gasteiger partial charge in [-0.1, -0.05) is 25.7 Å². The predicted octanol–water partition coefficient (Wildman–Crippen LogP) is 5.23. The molecule has 5 aliphatic carbocycles. The van der Waals surface area contributed by atoms with Gasteiger partial charge in [0.25, 0.3) is 0 Å². The van der Waals surface area contributed by atoms with Crippen molar-refractivity contribution in [3.8, 4) is 12.5 Å².